The maximum atomic E-state index is 8.36. The smallest absolute Gasteiger partial charge is 0.328 e. The van der Waals surface area contributed by atoms with Crippen molar-refractivity contribution >= 4 is 0 Å². The van der Waals surface area contributed by atoms with Crippen LogP contribution in [-0.4, -0.2) is 30.9 Å². The first-order valence-electron chi connectivity index (χ1n) is 1.70. The molecule has 0 aromatic heterocycles. The molecule has 13 heteroatoms. The van der Waals surface area contributed by atoms with Crippen LogP contribution in [0.15, 0.2) is 0 Å². The van der Waals surface area contributed by atoms with E-state index in [4.69, 9.17) is 46.0 Å². The van der Waals surface area contributed by atoms with Crippen molar-refractivity contribution in [3.63, 3.8) is 0 Å². The van der Waals surface area contributed by atoms with Crippen molar-refractivity contribution in [2.75, 3.05) is 0 Å². The first kappa shape index (κ1) is 22.5. The Balaban J connectivity index is -0.0000000450. The fourth-order valence-corrected chi connectivity index (χ4v) is 0. The van der Waals surface area contributed by atoms with Gasteiger partial charge in [0.2, 0.25) is 0 Å². The summed E-state index contributed by atoms with van der Waals surface area (Å²) in [6.45, 7) is 0. The monoisotopic (exact) mass is 234 g/mol. The van der Waals surface area contributed by atoms with Gasteiger partial charge >= 0.3 is 25.8 Å². The Morgan fingerprint density at radius 1 is 0.692 bits per heavy atom. The average Bonchev–Trinajstić information content (AvgIpc) is 1.54. The van der Waals surface area contributed by atoms with Gasteiger partial charge in [-0.1, -0.05) is 0 Å². The number of hydrogen-bond acceptors (Lipinski definition) is 6. The quantitative estimate of drug-likeness (QED) is 0.346. The van der Waals surface area contributed by atoms with E-state index in [1.165, 1.54) is 0 Å². The van der Waals surface area contributed by atoms with E-state index in [1.54, 1.807) is 0 Å². The van der Waals surface area contributed by atoms with Gasteiger partial charge in [0.1, 0.15) is 0 Å². The average molecular weight is 234 g/mol. The van der Waals surface area contributed by atoms with Crippen LogP contribution in [-0.2, 0) is 25.8 Å². The molecular weight excluding hydrogens is 231 g/mol. The third-order valence-electron chi connectivity index (χ3n) is 0. The van der Waals surface area contributed by atoms with Gasteiger partial charge in [0.25, 0.3) is 15.3 Å². The van der Waals surface area contributed by atoms with Crippen LogP contribution in [0.5, 0.6) is 0 Å². The molecule has 3 N–H and O–H groups in total. The van der Waals surface area contributed by atoms with Crippen LogP contribution in [0.3, 0.4) is 0 Å². The van der Waals surface area contributed by atoms with E-state index in [0.29, 0.717) is 0 Å². The van der Waals surface area contributed by atoms with Crippen LogP contribution >= 0.6 is 0 Å². The van der Waals surface area contributed by atoms with Gasteiger partial charge in [-0.2, -0.15) is 0 Å². The van der Waals surface area contributed by atoms with E-state index < -0.39 is 15.3 Å². The Bertz CT molecular complexity index is 112. The van der Waals surface area contributed by atoms with Crippen LogP contribution in [0, 0.1) is 30.3 Å². The van der Waals surface area contributed by atoms with Crippen LogP contribution < -0.4 is 0 Å². The van der Waals surface area contributed by atoms with E-state index in [0.717, 1.165) is 0 Å². The van der Waals surface area contributed by atoms with E-state index in [1.807, 2.05) is 0 Å². The summed E-state index contributed by atoms with van der Waals surface area (Å²) in [5.74, 6) is 0. The maximum absolute atomic E-state index is 8.36. The second-order valence-corrected chi connectivity index (χ2v) is 0.714. The summed E-state index contributed by atoms with van der Waals surface area (Å²) in [4.78, 5) is 25.1. The van der Waals surface area contributed by atoms with E-state index in [9.17, 15) is 0 Å². The van der Waals surface area contributed by atoms with E-state index >= 15 is 0 Å². The van der Waals surface area contributed by atoms with Crippen LogP contribution in [0.1, 0.15) is 0 Å². The molecule has 0 atom stereocenters. The van der Waals surface area contributed by atoms with Crippen LogP contribution in [0.2, 0.25) is 0 Å². The Labute approximate surface area is 87.5 Å². The molecule has 0 amide bonds. The minimum atomic E-state index is -1.50. The van der Waals surface area contributed by atoms with Crippen molar-refractivity contribution < 1.29 is 56.7 Å². The number of nitrogens with zero attached hydrogens (tertiary/aromatic N) is 3. The Hall–Kier alpha value is -1.53. The van der Waals surface area contributed by atoms with Crippen molar-refractivity contribution in [3.05, 3.63) is 30.3 Å². The molecule has 0 bridgehead atoms. The Kier molecular flexibility index (Phi) is 29.2. The zero-order valence-electron chi connectivity index (χ0n) is 5.71. The molecule has 0 saturated carbocycles. The molecule has 0 aromatic rings. The van der Waals surface area contributed by atoms with Crippen LogP contribution in [0.4, 0.5) is 0 Å². The predicted octanol–water partition coefficient (Wildman–Crippen LogP) is -1.05. The molecule has 13 heavy (non-hydrogen) atoms. The van der Waals surface area contributed by atoms with Gasteiger partial charge in [0.15, 0.2) is 0 Å². The summed E-state index contributed by atoms with van der Waals surface area (Å²) in [5.41, 5.74) is 0. The SMILES string of the molecule is O=[N+]([O-])O.O=[N+]([O-])O.O=[N+]([O-])O.[Sc+3]. The summed E-state index contributed by atoms with van der Waals surface area (Å²) < 4.78 is 0. The molecule has 0 unspecified atom stereocenters. The third-order valence-corrected chi connectivity index (χ3v) is 0. The first-order chi connectivity index (χ1) is 5.20. The zero-order chi connectivity index (χ0) is 10.7. The van der Waals surface area contributed by atoms with Gasteiger partial charge in [-0.25, -0.2) is 0 Å². The third kappa shape index (κ3) is 321. The Morgan fingerprint density at radius 3 is 0.692 bits per heavy atom. The van der Waals surface area contributed by atoms with E-state index in [-0.39, 0.29) is 25.8 Å². The molecule has 0 aromatic carbocycles. The molecule has 0 radical (unpaired) electrons. The summed E-state index contributed by atoms with van der Waals surface area (Å²) in [6.07, 6.45) is 0. The van der Waals surface area contributed by atoms with Crippen molar-refractivity contribution in [2.45, 2.75) is 0 Å². The molecule has 0 aliphatic heterocycles. The molecule has 12 nitrogen and oxygen atoms in total. The minimum Gasteiger partial charge on any atom is -0.328 e. The van der Waals surface area contributed by atoms with Gasteiger partial charge in [0, 0.05) is 0 Å². The fraction of sp³-hybridized carbons (Fsp3) is 0. The van der Waals surface area contributed by atoms with Gasteiger partial charge in [-0.15, -0.1) is 30.3 Å². The molecule has 0 heterocycles. The molecule has 0 spiro atoms. The normalized spacial score (nSPS) is 5.54. The molecule has 0 fully saturated rings. The topological polar surface area (TPSA) is 190 Å². The van der Waals surface area contributed by atoms with Crippen molar-refractivity contribution in [3.8, 4) is 0 Å². The molecule has 0 saturated heterocycles. The molecule has 0 aliphatic carbocycles. The van der Waals surface area contributed by atoms with Crippen LogP contribution in [0.25, 0.3) is 0 Å². The minimum absolute atomic E-state index is 0. The van der Waals surface area contributed by atoms with Gasteiger partial charge in [-0.3, -0.25) is 0 Å². The largest absolute Gasteiger partial charge is 3.00 e. The fourth-order valence-electron chi connectivity index (χ4n) is 0. The summed E-state index contributed by atoms with van der Waals surface area (Å²) >= 11 is 0. The summed E-state index contributed by atoms with van der Waals surface area (Å²) in [7, 11) is 0. The van der Waals surface area contributed by atoms with Crippen molar-refractivity contribution in [1.82, 2.24) is 0 Å². The summed E-state index contributed by atoms with van der Waals surface area (Å²) in [6, 6.07) is 0. The van der Waals surface area contributed by atoms with Crippen molar-refractivity contribution in [2.24, 2.45) is 0 Å². The van der Waals surface area contributed by atoms with E-state index in [2.05, 4.69) is 0 Å². The second-order valence-electron chi connectivity index (χ2n) is 0.714. The van der Waals surface area contributed by atoms with Crippen molar-refractivity contribution in [1.29, 1.82) is 0 Å². The zero-order valence-corrected chi connectivity index (χ0v) is 7.51. The number of hydrogen-bond donors (Lipinski definition) is 3. The second kappa shape index (κ2) is 16.8. The van der Waals surface area contributed by atoms with Gasteiger partial charge in [0.05, 0.1) is 0 Å². The summed E-state index contributed by atoms with van der Waals surface area (Å²) in [5, 5.41) is 40.9. The molecule has 0 rings (SSSR count). The van der Waals surface area contributed by atoms with Gasteiger partial charge in [-0.05, 0) is 0 Å². The first-order valence-corrected chi connectivity index (χ1v) is 1.70. The predicted molar refractivity (Wildman–Crippen MR) is 26.3 cm³/mol. The molecule has 72 valence electrons. The molecular formula is H3N3O9Sc+3. The van der Waals surface area contributed by atoms with Gasteiger partial charge < -0.3 is 15.6 Å². The maximum Gasteiger partial charge on any atom is 3.00 e. The Morgan fingerprint density at radius 2 is 0.692 bits per heavy atom. The standard InChI is InChI=1S/3HNO3.Sc/c3*2-1(3)4;/h3*(H,2,3,4);/q;;;+3. The number of rotatable bonds is 0. The molecule has 0 aliphatic rings.